The van der Waals surface area contributed by atoms with Crippen LogP contribution in [0.4, 0.5) is 0 Å². The predicted octanol–water partition coefficient (Wildman–Crippen LogP) is 3.96. The van der Waals surface area contributed by atoms with Crippen molar-refractivity contribution in [2.45, 2.75) is 45.1 Å². The standard InChI is InChI=1S/C16H19BrN2O/c1-11-5-7-16(10-18,8-6-11)19-15(20)13-4-3-12(2)14(17)9-13/h3-4,9,11H,5-8H2,1-2H3,(H,19,20). The molecule has 0 bridgehead atoms. The van der Waals surface area contributed by atoms with Crippen molar-refractivity contribution in [3.63, 3.8) is 0 Å². The van der Waals surface area contributed by atoms with Crippen molar-refractivity contribution < 1.29 is 4.79 Å². The SMILES string of the molecule is Cc1ccc(C(=O)NC2(C#N)CCC(C)CC2)cc1Br. The molecule has 0 aromatic heterocycles. The second-order valence-electron chi connectivity index (χ2n) is 5.79. The highest BCUT2D eigenvalue weighted by molar-refractivity contribution is 9.10. The number of benzene rings is 1. The summed E-state index contributed by atoms with van der Waals surface area (Å²) in [6.45, 7) is 4.17. The fourth-order valence-corrected chi connectivity index (χ4v) is 2.92. The molecule has 106 valence electrons. The Kier molecular flexibility index (Phi) is 4.49. The minimum absolute atomic E-state index is 0.165. The Balaban J connectivity index is 2.13. The van der Waals surface area contributed by atoms with Crippen LogP contribution in [0.3, 0.4) is 0 Å². The summed E-state index contributed by atoms with van der Waals surface area (Å²) in [4.78, 5) is 12.3. The molecular weight excluding hydrogens is 316 g/mol. The van der Waals surface area contributed by atoms with Gasteiger partial charge in [-0.3, -0.25) is 4.79 Å². The van der Waals surface area contributed by atoms with Crippen LogP contribution in [0.1, 0.15) is 48.5 Å². The van der Waals surface area contributed by atoms with Crippen molar-refractivity contribution in [1.29, 1.82) is 5.26 Å². The van der Waals surface area contributed by atoms with Crippen LogP contribution in [0.2, 0.25) is 0 Å². The van der Waals surface area contributed by atoms with Gasteiger partial charge in [-0.15, -0.1) is 0 Å². The van der Waals surface area contributed by atoms with E-state index in [2.05, 4.69) is 34.2 Å². The number of rotatable bonds is 2. The van der Waals surface area contributed by atoms with Gasteiger partial charge in [-0.25, -0.2) is 0 Å². The van der Waals surface area contributed by atoms with Gasteiger partial charge in [0.1, 0.15) is 5.54 Å². The molecule has 0 aliphatic heterocycles. The smallest absolute Gasteiger partial charge is 0.252 e. The van der Waals surface area contributed by atoms with Gasteiger partial charge in [0.15, 0.2) is 0 Å². The van der Waals surface area contributed by atoms with Crippen molar-refractivity contribution >= 4 is 21.8 Å². The lowest BCUT2D eigenvalue weighted by Gasteiger charge is -2.34. The van der Waals surface area contributed by atoms with Crippen LogP contribution in [0.25, 0.3) is 0 Å². The Bertz CT molecular complexity index is 554. The van der Waals surface area contributed by atoms with E-state index in [1.807, 2.05) is 13.0 Å². The van der Waals surface area contributed by atoms with E-state index in [0.29, 0.717) is 11.5 Å². The van der Waals surface area contributed by atoms with Crippen molar-refractivity contribution in [1.82, 2.24) is 5.32 Å². The largest absolute Gasteiger partial charge is 0.334 e. The summed E-state index contributed by atoms with van der Waals surface area (Å²) in [5.41, 5.74) is 0.986. The van der Waals surface area contributed by atoms with Crippen molar-refractivity contribution in [3.8, 4) is 6.07 Å². The van der Waals surface area contributed by atoms with Gasteiger partial charge in [-0.05, 0) is 56.2 Å². The van der Waals surface area contributed by atoms with E-state index in [1.54, 1.807) is 12.1 Å². The number of carbonyl (C=O) groups excluding carboxylic acids is 1. The first-order valence-corrected chi connectivity index (χ1v) is 7.75. The summed E-state index contributed by atoms with van der Waals surface area (Å²) in [7, 11) is 0. The Morgan fingerprint density at radius 2 is 2.10 bits per heavy atom. The van der Waals surface area contributed by atoms with E-state index in [4.69, 9.17) is 0 Å². The fourth-order valence-electron chi connectivity index (χ4n) is 2.54. The Morgan fingerprint density at radius 1 is 1.45 bits per heavy atom. The third-order valence-electron chi connectivity index (χ3n) is 4.13. The average molecular weight is 335 g/mol. The molecule has 1 N–H and O–H groups in total. The molecule has 0 heterocycles. The molecule has 0 saturated heterocycles. The van der Waals surface area contributed by atoms with Crippen LogP contribution in [-0.2, 0) is 0 Å². The maximum Gasteiger partial charge on any atom is 0.252 e. The monoisotopic (exact) mass is 334 g/mol. The van der Waals surface area contributed by atoms with Crippen LogP contribution in [0.5, 0.6) is 0 Å². The molecule has 0 unspecified atom stereocenters. The topological polar surface area (TPSA) is 52.9 Å². The summed E-state index contributed by atoms with van der Waals surface area (Å²) < 4.78 is 0.911. The third-order valence-corrected chi connectivity index (χ3v) is 4.98. The van der Waals surface area contributed by atoms with E-state index in [0.717, 1.165) is 35.7 Å². The molecule has 4 heteroatoms. The van der Waals surface area contributed by atoms with E-state index in [-0.39, 0.29) is 5.91 Å². The number of hydrogen-bond acceptors (Lipinski definition) is 2. The number of nitrogens with zero attached hydrogens (tertiary/aromatic N) is 1. The zero-order valence-electron chi connectivity index (χ0n) is 11.9. The lowest BCUT2D eigenvalue weighted by molar-refractivity contribution is 0.0894. The number of amides is 1. The minimum atomic E-state index is -0.693. The number of nitrogens with one attached hydrogen (secondary N) is 1. The van der Waals surface area contributed by atoms with Crippen molar-refractivity contribution in [3.05, 3.63) is 33.8 Å². The van der Waals surface area contributed by atoms with E-state index >= 15 is 0 Å². The molecule has 3 nitrogen and oxygen atoms in total. The highest BCUT2D eigenvalue weighted by Gasteiger charge is 2.35. The Hall–Kier alpha value is -1.34. The lowest BCUT2D eigenvalue weighted by atomic mass is 9.78. The van der Waals surface area contributed by atoms with Crippen molar-refractivity contribution in [2.24, 2.45) is 5.92 Å². The molecule has 1 aliphatic rings. The first-order chi connectivity index (χ1) is 9.46. The van der Waals surface area contributed by atoms with Gasteiger partial charge < -0.3 is 5.32 Å². The molecule has 20 heavy (non-hydrogen) atoms. The lowest BCUT2D eigenvalue weighted by Crippen LogP contribution is -2.49. The quantitative estimate of drug-likeness (QED) is 0.889. The molecule has 1 amide bonds. The van der Waals surface area contributed by atoms with E-state index < -0.39 is 5.54 Å². The van der Waals surface area contributed by atoms with E-state index in [1.165, 1.54) is 0 Å². The van der Waals surface area contributed by atoms with Gasteiger partial charge >= 0.3 is 0 Å². The van der Waals surface area contributed by atoms with Crippen LogP contribution in [0, 0.1) is 24.2 Å². The maximum absolute atomic E-state index is 12.3. The number of carbonyl (C=O) groups is 1. The highest BCUT2D eigenvalue weighted by Crippen LogP contribution is 2.31. The van der Waals surface area contributed by atoms with Crippen LogP contribution < -0.4 is 5.32 Å². The zero-order valence-corrected chi connectivity index (χ0v) is 13.5. The molecule has 2 rings (SSSR count). The van der Waals surface area contributed by atoms with Gasteiger partial charge in [0, 0.05) is 10.0 Å². The molecule has 1 fully saturated rings. The second kappa shape index (κ2) is 5.97. The fraction of sp³-hybridized carbons (Fsp3) is 0.500. The summed E-state index contributed by atoms with van der Waals surface area (Å²) in [6, 6.07) is 7.83. The highest BCUT2D eigenvalue weighted by atomic mass is 79.9. The molecule has 1 aliphatic carbocycles. The molecule has 1 aromatic rings. The molecule has 0 radical (unpaired) electrons. The molecule has 1 aromatic carbocycles. The predicted molar refractivity (Wildman–Crippen MR) is 82.3 cm³/mol. The van der Waals surface area contributed by atoms with Crippen molar-refractivity contribution in [2.75, 3.05) is 0 Å². The van der Waals surface area contributed by atoms with Gasteiger partial charge in [0.05, 0.1) is 6.07 Å². The Morgan fingerprint density at radius 3 is 2.65 bits per heavy atom. The zero-order chi connectivity index (χ0) is 14.8. The summed E-state index contributed by atoms with van der Waals surface area (Å²) in [5, 5.41) is 12.4. The second-order valence-corrected chi connectivity index (χ2v) is 6.65. The van der Waals surface area contributed by atoms with Gasteiger partial charge in [0.2, 0.25) is 0 Å². The van der Waals surface area contributed by atoms with Crippen LogP contribution >= 0.6 is 15.9 Å². The van der Waals surface area contributed by atoms with E-state index in [9.17, 15) is 10.1 Å². The summed E-state index contributed by atoms with van der Waals surface area (Å²) >= 11 is 3.43. The molecule has 1 saturated carbocycles. The van der Waals surface area contributed by atoms with Gasteiger partial charge in [-0.1, -0.05) is 28.9 Å². The third kappa shape index (κ3) is 3.21. The van der Waals surface area contributed by atoms with Gasteiger partial charge in [-0.2, -0.15) is 5.26 Å². The Labute approximate surface area is 128 Å². The number of hydrogen-bond donors (Lipinski definition) is 1. The minimum Gasteiger partial charge on any atom is -0.334 e. The summed E-state index contributed by atoms with van der Waals surface area (Å²) in [5.74, 6) is 0.476. The van der Waals surface area contributed by atoms with Crippen LogP contribution in [-0.4, -0.2) is 11.4 Å². The molecular formula is C16H19BrN2O. The maximum atomic E-state index is 12.3. The number of halogens is 1. The molecule has 0 spiro atoms. The molecule has 0 atom stereocenters. The first-order valence-electron chi connectivity index (χ1n) is 6.96. The van der Waals surface area contributed by atoms with Gasteiger partial charge in [0.25, 0.3) is 5.91 Å². The number of nitriles is 1. The normalized spacial score (nSPS) is 25.8. The number of aryl methyl sites for hydroxylation is 1. The average Bonchev–Trinajstić information content (AvgIpc) is 2.44. The van der Waals surface area contributed by atoms with Crippen LogP contribution in [0.15, 0.2) is 22.7 Å². The summed E-state index contributed by atoms with van der Waals surface area (Å²) in [6.07, 6.45) is 3.46. The first kappa shape index (κ1) is 15.1.